The summed E-state index contributed by atoms with van der Waals surface area (Å²) in [5.74, 6) is 5.61. The standard InChI is InChI=1S/2C12H24.2C11H22.C11H24.C10H22.C9H18.2C8H16/c1-10(2)7-11(3,4)9-12(5,6)8-10;1-6-10-7-11(2,3)9-12(4,5)8-10;1-9-6-10(2,3)8-11(4,5)7-9;1-9-10(2,3)7-6-8-11(9,4)5;1-9(2,3)11(7,8)10(4,5)6;1-8(9(2,3)4)10(5,6)7;1-8-4-6-9(2,3)7-5-8;1-8(2)6-4-3-5-7-8;1-2-8-6-4-3-5-7-8/h7-9H2,1-6H3;10H,6-9H2,1-5H3;2*9H,6-8H2,1-5H3;1-8H3;8H,1-7H3;8H,4-7H2,1-3H3;3-7H2,1-2H3;8H,2-7H2,1H3. The number of rotatable bonds is 2. The van der Waals surface area contributed by atoms with Crippen LogP contribution in [0.25, 0.3) is 0 Å². The maximum absolute atomic E-state index is 2.43. The Bertz CT molecular complexity index is 1790. The Morgan fingerprint density at radius 3 is 0.783 bits per heavy atom. The Kier molecular flexibility index (Phi) is 37.4. The third kappa shape index (κ3) is 39.7. The zero-order valence-electron chi connectivity index (χ0n) is 73.3. The fraction of sp³-hybridized carbons (Fsp3) is 1.00. The Morgan fingerprint density at radius 1 is 0.293 bits per heavy atom. The monoisotopic (exact) mass is 1290 g/mol. The van der Waals surface area contributed by atoms with Gasteiger partial charge in [0.05, 0.1) is 0 Å². The van der Waals surface area contributed by atoms with Crippen LogP contribution in [0.5, 0.6) is 0 Å². The molecule has 0 bridgehead atoms. The average Bonchev–Trinajstić information content (AvgIpc) is 0.829. The van der Waals surface area contributed by atoms with Crippen molar-refractivity contribution in [1.82, 2.24) is 0 Å². The molecule has 92 heavy (non-hydrogen) atoms. The average molecular weight is 1290 g/mol. The summed E-state index contributed by atoms with van der Waals surface area (Å²) in [5.41, 5.74) is 8.48. The summed E-state index contributed by atoms with van der Waals surface area (Å²) in [6.07, 6.45) is 40.3. The van der Waals surface area contributed by atoms with Gasteiger partial charge in [-0.25, -0.2) is 0 Å². The molecule has 0 atom stereocenters. The van der Waals surface area contributed by atoms with Crippen molar-refractivity contribution in [3.8, 4) is 0 Å². The first kappa shape index (κ1) is 94.1. The van der Waals surface area contributed by atoms with E-state index in [0.29, 0.717) is 86.6 Å². The summed E-state index contributed by atoms with van der Waals surface area (Å²) in [7, 11) is 0. The minimum Gasteiger partial charge on any atom is -0.0651 e. The van der Waals surface area contributed by atoms with Crippen LogP contribution in [0, 0.1) is 122 Å². The van der Waals surface area contributed by atoms with Crippen LogP contribution in [0.2, 0.25) is 0 Å². The lowest BCUT2D eigenvalue weighted by atomic mass is 9.56. The number of hydrogen-bond acceptors (Lipinski definition) is 0. The van der Waals surface area contributed by atoms with Gasteiger partial charge in [-0.2, -0.15) is 0 Å². The van der Waals surface area contributed by atoms with Gasteiger partial charge in [0, 0.05) is 0 Å². The van der Waals surface area contributed by atoms with E-state index in [4.69, 9.17) is 0 Å². The largest absolute Gasteiger partial charge is 0.0651 e. The molecule has 0 radical (unpaired) electrons. The first-order valence-electron chi connectivity index (χ1n) is 40.5. The smallest absolute Gasteiger partial charge is 0.0257 e. The molecule has 0 nitrogen and oxygen atoms in total. The zero-order chi connectivity index (χ0) is 73.3. The molecule has 0 spiro atoms. The van der Waals surface area contributed by atoms with E-state index in [1.807, 2.05) is 0 Å². The molecule has 0 aromatic carbocycles. The minimum absolute atomic E-state index is 0.375. The van der Waals surface area contributed by atoms with E-state index in [1.54, 1.807) is 0 Å². The maximum atomic E-state index is 2.43. The highest BCUT2D eigenvalue weighted by molar-refractivity contribution is 4.95. The molecule has 0 N–H and O–H groups in total. The summed E-state index contributed by atoms with van der Waals surface area (Å²) in [6, 6.07) is 0. The highest BCUT2D eigenvalue weighted by Gasteiger charge is 2.45. The molecule has 7 aliphatic rings. The second-order valence-electron chi connectivity index (χ2n) is 47.3. The summed E-state index contributed by atoms with van der Waals surface area (Å²) in [5, 5.41) is 0. The molecule has 7 fully saturated rings. The van der Waals surface area contributed by atoms with Crippen molar-refractivity contribution in [3.63, 3.8) is 0 Å². The molecular formula is C92H188. The van der Waals surface area contributed by atoms with Crippen LogP contribution >= 0.6 is 0 Å². The molecule has 7 rings (SSSR count). The Balaban J connectivity index is 0. The third-order valence-corrected chi connectivity index (χ3v) is 26.3. The van der Waals surface area contributed by atoms with E-state index in [0.717, 1.165) is 35.5 Å². The van der Waals surface area contributed by atoms with Gasteiger partial charge in [0.25, 0.3) is 0 Å². The predicted molar refractivity (Wildman–Crippen MR) is 427 cm³/mol. The van der Waals surface area contributed by atoms with E-state index in [1.165, 1.54) is 180 Å². The van der Waals surface area contributed by atoms with E-state index in [9.17, 15) is 0 Å². The lowest BCUT2D eigenvalue weighted by molar-refractivity contribution is 0.00574. The van der Waals surface area contributed by atoms with Crippen molar-refractivity contribution in [2.24, 2.45) is 122 Å². The van der Waals surface area contributed by atoms with Crippen molar-refractivity contribution < 1.29 is 0 Å². The van der Waals surface area contributed by atoms with Crippen molar-refractivity contribution in [1.29, 1.82) is 0 Å². The van der Waals surface area contributed by atoms with Crippen molar-refractivity contribution in [2.45, 2.75) is 471 Å². The minimum atomic E-state index is 0.375. The topological polar surface area (TPSA) is 0 Å². The molecule has 0 heteroatoms. The van der Waals surface area contributed by atoms with Gasteiger partial charge in [-0.3, -0.25) is 0 Å². The molecule has 0 saturated heterocycles. The first-order chi connectivity index (χ1) is 40.5. The molecular weight excluding hydrogens is 1110 g/mol. The van der Waals surface area contributed by atoms with Gasteiger partial charge < -0.3 is 0 Å². The van der Waals surface area contributed by atoms with Crippen molar-refractivity contribution in [3.05, 3.63) is 0 Å². The summed E-state index contributed by atoms with van der Waals surface area (Å²) in [6.45, 7) is 99.6. The molecule has 0 aliphatic heterocycles. The lowest BCUT2D eigenvalue weighted by Crippen LogP contribution is -2.41. The van der Waals surface area contributed by atoms with Gasteiger partial charge >= 0.3 is 0 Å². The van der Waals surface area contributed by atoms with Crippen LogP contribution in [0.4, 0.5) is 0 Å². The Hall–Kier alpha value is 0. The molecule has 0 aromatic heterocycles. The van der Waals surface area contributed by atoms with E-state index in [-0.39, 0.29) is 0 Å². The van der Waals surface area contributed by atoms with E-state index >= 15 is 0 Å². The first-order valence-corrected chi connectivity index (χ1v) is 40.5. The lowest BCUT2D eigenvalue weighted by Gasteiger charge is -2.49. The molecule has 556 valence electrons. The molecule has 7 saturated carbocycles. The third-order valence-electron chi connectivity index (χ3n) is 26.3. The summed E-state index contributed by atoms with van der Waals surface area (Å²) in [4.78, 5) is 0. The molecule has 0 unspecified atom stereocenters. The fourth-order valence-corrected chi connectivity index (χ4v) is 20.4. The van der Waals surface area contributed by atoms with Gasteiger partial charge in [0.2, 0.25) is 0 Å². The van der Waals surface area contributed by atoms with Gasteiger partial charge in [-0.1, -0.05) is 374 Å². The van der Waals surface area contributed by atoms with Crippen LogP contribution in [0.1, 0.15) is 471 Å². The van der Waals surface area contributed by atoms with Crippen LogP contribution in [-0.2, 0) is 0 Å². The second-order valence-corrected chi connectivity index (χ2v) is 47.3. The summed E-state index contributed by atoms with van der Waals surface area (Å²) < 4.78 is 0. The van der Waals surface area contributed by atoms with Gasteiger partial charge in [-0.05, 0) is 218 Å². The summed E-state index contributed by atoms with van der Waals surface area (Å²) >= 11 is 0. The molecule has 0 aromatic rings. The Labute approximate surface area is 589 Å². The molecule has 7 aliphatic carbocycles. The van der Waals surface area contributed by atoms with Crippen molar-refractivity contribution >= 4 is 0 Å². The van der Waals surface area contributed by atoms with Crippen LogP contribution in [0.3, 0.4) is 0 Å². The Morgan fingerprint density at radius 2 is 0.576 bits per heavy atom. The maximum Gasteiger partial charge on any atom is -0.0257 e. The van der Waals surface area contributed by atoms with Crippen LogP contribution in [0.15, 0.2) is 0 Å². The van der Waals surface area contributed by atoms with Gasteiger partial charge in [0.1, 0.15) is 0 Å². The highest BCUT2D eigenvalue weighted by atomic mass is 14.5. The molecule has 0 amide bonds. The predicted octanol–water partition coefficient (Wildman–Crippen LogP) is 33.2. The van der Waals surface area contributed by atoms with Crippen molar-refractivity contribution in [2.75, 3.05) is 0 Å². The zero-order valence-corrected chi connectivity index (χ0v) is 73.3. The SMILES string of the molecule is CC(C(C)(C)C)C(C)(C)C.CC(C)(C)C(C)(C)C(C)(C)C.CC1(C)CC(C)(C)CC(C)(C)C1.CC1(C)CCCCC1.CC1C(C)(C)CCCC1(C)C.CC1CC(C)(C)CC(C)(C)C1.CC1CCC(C)(C)CC1.CCC1CC(C)(C)CC(C)(C)C1.CCC1CCCCC1. The quantitative estimate of drug-likeness (QED) is 0.259. The van der Waals surface area contributed by atoms with E-state index < -0.39 is 0 Å². The normalized spacial score (nSPS) is 25.7. The van der Waals surface area contributed by atoms with E-state index in [2.05, 4.69) is 291 Å². The van der Waals surface area contributed by atoms with Crippen LogP contribution in [-0.4, -0.2) is 0 Å². The van der Waals surface area contributed by atoms with Gasteiger partial charge in [-0.15, -0.1) is 0 Å². The van der Waals surface area contributed by atoms with Crippen LogP contribution < -0.4 is 0 Å². The highest BCUT2D eigenvalue weighted by Crippen LogP contribution is 2.55. The molecule has 0 heterocycles. The second kappa shape index (κ2) is 36.6. The number of hydrogen-bond donors (Lipinski definition) is 0. The van der Waals surface area contributed by atoms with Gasteiger partial charge in [0.15, 0.2) is 0 Å². The fourth-order valence-electron chi connectivity index (χ4n) is 20.4.